The second kappa shape index (κ2) is 9.96. The fourth-order valence-corrected chi connectivity index (χ4v) is 3.49. The number of rotatable bonds is 8. The van der Waals surface area contributed by atoms with Crippen LogP contribution in [0.2, 0.25) is 0 Å². The van der Waals surface area contributed by atoms with Gasteiger partial charge in [-0.1, -0.05) is 60.7 Å². The minimum atomic E-state index is -0.507. The van der Waals surface area contributed by atoms with Crippen LogP contribution in [0.5, 0.6) is 5.75 Å². The van der Waals surface area contributed by atoms with Crippen molar-refractivity contribution in [1.82, 2.24) is 10.4 Å². The van der Waals surface area contributed by atoms with Crippen molar-refractivity contribution in [1.29, 1.82) is 0 Å². The van der Waals surface area contributed by atoms with Gasteiger partial charge in [-0.25, -0.2) is 10.2 Å². The molecule has 3 aromatic carbocycles. The van der Waals surface area contributed by atoms with Gasteiger partial charge in [0.25, 0.3) is 0 Å². The van der Waals surface area contributed by atoms with Gasteiger partial charge in [-0.15, -0.1) is 0 Å². The Morgan fingerprint density at radius 1 is 0.903 bits per heavy atom. The second-order valence-electron chi connectivity index (χ2n) is 7.28. The summed E-state index contributed by atoms with van der Waals surface area (Å²) in [5.74, 6) is 0.522. The van der Waals surface area contributed by atoms with Crippen LogP contribution in [0.1, 0.15) is 23.6 Å². The Kier molecular flexibility index (Phi) is 6.65. The minimum Gasteiger partial charge on any atom is -0.489 e. The van der Waals surface area contributed by atoms with Gasteiger partial charge in [-0.05, 0) is 54.0 Å². The fourth-order valence-electron chi connectivity index (χ4n) is 3.49. The summed E-state index contributed by atoms with van der Waals surface area (Å²) in [5, 5.41) is 2.00. The summed E-state index contributed by atoms with van der Waals surface area (Å²) in [7, 11) is 0. The van der Waals surface area contributed by atoms with Crippen molar-refractivity contribution in [3.63, 3.8) is 0 Å². The number of hydrogen-bond donors (Lipinski definition) is 1. The van der Waals surface area contributed by atoms with E-state index >= 15 is 0 Å². The molecule has 0 bridgehead atoms. The molecule has 1 N–H and O–H groups in total. The maximum absolute atomic E-state index is 12.3. The topological polar surface area (TPSA) is 50.8 Å². The SMILES string of the molecule is CCOC(=O)C1C=C(c2ccc(OCc3ccccc3)cc2)N(Cc2ccccc2)N1. The monoisotopic (exact) mass is 414 g/mol. The van der Waals surface area contributed by atoms with Crippen molar-refractivity contribution < 1.29 is 14.3 Å². The van der Waals surface area contributed by atoms with E-state index in [1.54, 1.807) is 0 Å². The molecule has 5 heteroatoms. The summed E-state index contributed by atoms with van der Waals surface area (Å²) >= 11 is 0. The Morgan fingerprint density at radius 3 is 2.19 bits per heavy atom. The molecule has 0 spiro atoms. The minimum absolute atomic E-state index is 0.279. The Morgan fingerprint density at radius 2 is 1.55 bits per heavy atom. The van der Waals surface area contributed by atoms with Gasteiger partial charge in [0.15, 0.2) is 0 Å². The van der Waals surface area contributed by atoms with Crippen molar-refractivity contribution in [3.05, 3.63) is 108 Å². The first kappa shape index (κ1) is 20.7. The highest BCUT2D eigenvalue weighted by molar-refractivity contribution is 5.83. The number of nitrogens with one attached hydrogen (secondary N) is 1. The number of hydrazine groups is 1. The largest absolute Gasteiger partial charge is 0.489 e. The van der Waals surface area contributed by atoms with Crippen LogP contribution in [-0.4, -0.2) is 23.6 Å². The number of carbonyl (C=O) groups is 1. The highest BCUT2D eigenvalue weighted by Crippen LogP contribution is 2.27. The van der Waals surface area contributed by atoms with Crippen molar-refractivity contribution in [2.45, 2.75) is 26.1 Å². The lowest BCUT2D eigenvalue weighted by atomic mass is 10.1. The maximum atomic E-state index is 12.3. The van der Waals surface area contributed by atoms with Crippen molar-refractivity contribution in [2.24, 2.45) is 0 Å². The maximum Gasteiger partial charge on any atom is 0.329 e. The van der Waals surface area contributed by atoms with Gasteiger partial charge >= 0.3 is 5.97 Å². The normalized spacial score (nSPS) is 15.5. The zero-order chi connectivity index (χ0) is 21.5. The second-order valence-corrected chi connectivity index (χ2v) is 7.28. The highest BCUT2D eigenvalue weighted by Gasteiger charge is 2.29. The molecule has 0 radical (unpaired) electrons. The first-order valence-electron chi connectivity index (χ1n) is 10.5. The number of esters is 1. The third-order valence-corrected chi connectivity index (χ3v) is 5.03. The molecule has 31 heavy (non-hydrogen) atoms. The summed E-state index contributed by atoms with van der Waals surface area (Å²) in [6.07, 6.45) is 1.92. The fraction of sp³-hybridized carbons (Fsp3) is 0.192. The number of ether oxygens (including phenoxy) is 2. The van der Waals surface area contributed by atoms with Gasteiger partial charge < -0.3 is 14.5 Å². The van der Waals surface area contributed by atoms with E-state index in [0.29, 0.717) is 19.8 Å². The molecule has 0 saturated heterocycles. The van der Waals surface area contributed by atoms with Crippen LogP contribution in [0.4, 0.5) is 0 Å². The van der Waals surface area contributed by atoms with Crippen molar-refractivity contribution in [2.75, 3.05) is 6.61 Å². The quantitative estimate of drug-likeness (QED) is 0.548. The van der Waals surface area contributed by atoms with Crippen LogP contribution >= 0.6 is 0 Å². The third-order valence-electron chi connectivity index (χ3n) is 5.03. The van der Waals surface area contributed by atoms with Gasteiger partial charge in [0.1, 0.15) is 18.4 Å². The predicted molar refractivity (Wildman–Crippen MR) is 121 cm³/mol. The zero-order valence-corrected chi connectivity index (χ0v) is 17.5. The summed E-state index contributed by atoms with van der Waals surface area (Å²) in [6, 6.07) is 27.7. The van der Waals surface area contributed by atoms with Crippen molar-refractivity contribution >= 4 is 11.7 Å². The Bertz CT molecular complexity index is 1020. The van der Waals surface area contributed by atoms with Gasteiger partial charge in [-0.3, -0.25) is 0 Å². The molecule has 5 nitrogen and oxygen atoms in total. The number of benzene rings is 3. The number of carbonyl (C=O) groups excluding carboxylic acids is 1. The summed E-state index contributed by atoms with van der Waals surface area (Å²) in [4.78, 5) is 12.3. The van der Waals surface area contributed by atoms with Crippen molar-refractivity contribution in [3.8, 4) is 5.75 Å². The lowest BCUT2D eigenvalue weighted by Crippen LogP contribution is -2.41. The van der Waals surface area contributed by atoms with E-state index in [1.165, 1.54) is 0 Å². The molecule has 0 aliphatic carbocycles. The molecule has 0 fully saturated rings. The van der Waals surface area contributed by atoms with Crippen LogP contribution in [-0.2, 0) is 22.7 Å². The third kappa shape index (κ3) is 5.32. The molecule has 1 atom stereocenters. The Hall–Kier alpha value is -3.57. The number of hydrogen-bond acceptors (Lipinski definition) is 5. The van der Waals surface area contributed by atoms with E-state index in [9.17, 15) is 4.79 Å². The van der Waals surface area contributed by atoms with E-state index < -0.39 is 6.04 Å². The molecular weight excluding hydrogens is 388 g/mol. The van der Waals surface area contributed by atoms with Gasteiger partial charge in [-0.2, -0.15) is 0 Å². The highest BCUT2D eigenvalue weighted by atomic mass is 16.5. The van der Waals surface area contributed by atoms with Crippen LogP contribution in [0.15, 0.2) is 91.0 Å². The van der Waals surface area contributed by atoms with E-state index in [4.69, 9.17) is 9.47 Å². The van der Waals surface area contributed by atoms with E-state index in [0.717, 1.165) is 28.1 Å². The molecule has 0 amide bonds. The molecule has 0 aromatic heterocycles. The first-order valence-corrected chi connectivity index (χ1v) is 10.5. The van der Waals surface area contributed by atoms with E-state index in [1.807, 2.05) is 90.8 Å². The van der Waals surface area contributed by atoms with E-state index in [2.05, 4.69) is 17.6 Å². The average molecular weight is 415 g/mol. The zero-order valence-electron chi connectivity index (χ0n) is 17.5. The molecular formula is C26H26N2O3. The molecule has 158 valence electrons. The molecule has 0 saturated carbocycles. The predicted octanol–water partition coefficient (Wildman–Crippen LogP) is 4.56. The summed E-state index contributed by atoms with van der Waals surface area (Å²) < 4.78 is 11.1. The van der Waals surface area contributed by atoms with Gasteiger partial charge in [0.05, 0.1) is 18.8 Å². The molecule has 1 unspecified atom stereocenters. The van der Waals surface area contributed by atoms with Crippen LogP contribution in [0.25, 0.3) is 5.70 Å². The molecule has 3 aromatic rings. The molecule has 4 rings (SSSR count). The van der Waals surface area contributed by atoms with Gasteiger partial charge in [0.2, 0.25) is 0 Å². The Labute approximate surface area is 182 Å². The van der Waals surface area contributed by atoms with E-state index in [-0.39, 0.29) is 5.97 Å². The molecule has 1 aliphatic rings. The molecule has 1 aliphatic heterocycles. The summed E-state index contributed by atoms with van der Waals surface area (Å²) in [5.41, 5.74) is 7.48. The standard InChI is InChI=1S/C26H26N2O3/c1-2-30-26(29)24-17-25(28(27-24)18-20-9-5-3-6-10-20)22-13-15-23(16-14-22)31-19-21-11-7-4-8-12-21/h3-17,24,27H,2,18-19H2,1H3. The van der Waals surface area contributed by atoms with Gasteiger partial charge in [0, 0.05) is 0 Å². The van der Waals surface area contributed by atoms with Crippen LogP contribution in [0, 0.1) is 0 Å². The lowest BCUT2D eigenvalue weighted by molar-refractivity contribution is -0.144. The average Bonchev–Trinajstić information content (AvgIpc) is 3.23. The lowest BCUT2D eigenvalue weighted by Gasteiger charge is -2.24. The first-order chi connectivity index (χ1) is 15.2. The molecule has 1 heterocycles. The van der Waals surface area contributed by atoms with Crippen LogP contribution < -0.4 is 10.2 Å². The Balaban J connectivity index is 1.50. The smallest absolute Gasteiger partial charge is 0.329 e. The number of nitrogens with zero attached hydrogens (tertiary/aromatic N) is 1. The summed E-state index contributed by atoms with van der Waals surface area (Å²) in [6.45, 7) is 3.32. The van der Waals surface area contributed by atoms with Crippen LogP contribution in [0.3, 0.4) is 0 Å².